The van der Waals surface area contributed by atoms with Crippen LogP contribution in [0.2, 0.25) is 0 Å². The minimum atomic E-state index is -0.252. The van der Waals surface area contributed by atoms with Gasteiger partial charge >= 0.3 is 6.03 Å². The summed E-state index contributed by atoms with van der Waals surface area (Å²) in [4.78, 5) is 23.7. The molecule has 0 fully saturated rings. The zero-order valence-corrected chi connectivity index (χ0v) is 14.6. The third-order valence-electron chi connectivity index (χ3n) is 4.04. The Bertz CT molecular complexity index is 928. The predicted molar refractivity (Wildman–Crippen MR) is 103 cm³/mol. The summed E-state index contributed by atoms with van der Waals surface area (Å²) < 4.78 is 1.64. The molecule has 0 spiro atoms. The number of hydrogen-bond acceptors (Lipinski definition) is 2. The molecule has 0 aliphatic rings. The molecule has 3 aromatic rings. The van der Waals surface area contributed by atoms with Crippen molar-refractivity contribution in [1.82, 2.24) is 9.88 Å². The molecule has 5 heteroatoms. The second-order valence-corrected chi connectivity index (χ2v) is 6.16. The molecular weight excluding hydrogens is 326 g/mol. The molecule has 0 bridgehead atoms. The largest absolute Gasteiger partial charge is 0.334 e. The summed E-state index contributed by atoms with van der Waals surface area (Å²) in [6, 6.07) is 20.3. The van der Waals surface area contributed by atoms with Gasteiger partial charge in [-0.15, -0.1) is 0 Å². The minimum Gasteiger partial charge on any atom is -0.334 e. The molecule has 2 aromatic carbocycles. The molecule has 26 heavy (non-hydrogen) atoms. The summed E-state index contributed by atoms with van der Waals surface area (Å²) in [5.41, 5.74) is 3.90. The van der Waals surface area contributed by atoms with E-state index in [2.05, 4.69) is 10.6 Å². The quantitative estimate of drug-likeness (QED) is 0.742. The Morgan fingerprint density at radius 1 is 0.923 bits per heavy atom. The zero-order chi connectivity index (χ0) is 18.4. The molecule has 3 rings (SSSR count). The van der Waals surface area contributed by atoms with E-state index < -0.39 is 0 Å². The van der Waals surface area contributed by atoms with Crippen LogP contribution in [0, 0.1) is 6.92 Å². The van der Waals surface area contributed by atoms with E-state index in [1.54, 1.807) is 16.8 Å². The molecule has 132 valence electrons. The van der Waals surface area contributed by atoms with Crippen LogP contribution in [0.5, 0.6) is 0 Å². The predicted octanol–water partition coefficient (Wildman–Crippen LogP) is 3.53. The number of benzene rings is 2. The van der Waals surface area contributed by atoms with Gasteiger partial charge in [-0.3, -0.25) is 4.79 Å². The number of carbonyl (C=O) groups is 1. The maximum Gasteiger partial charge on any atom is 0.319 e. The first-order valence-corrected chi connectivity index (χ1v) is 8.45. The smallest absolute Gasteiger partial charge is 0.319 e. The standard InChI is InChI=1S/C21H21N3O2/c1-16-5-7-17(8-6-16)14-22-21(26)23-19-11-9-18(10-12-19)15-24-13-3-2-4-20(24)25/h2-13H,14-15H2,1H3,(H2,22,23,26). The summed E-state index contributed by atoms with van der Waals surface area (Å²) in [7, 11) is 0. The van der Waals surface area contributed by atoms with E-state index in [0.29, 0.717) is 18.8 Å². The Labute approximate surface area is 152 Å². The first-order valence-electron chi connectivity index (χ1n) is 8.45. The van der Waals surface area contributed by atoms with E-state index in [0.717, 1.165) is 11.1 Å². The Balaban J connectivity index is 1.53. The van der Waals surface area contributed by atoms with Gasteiger partial charge in [-0.2, -0.15) is 0 Å². The Morgan fingerprint density at radius 2 is 1.62 bits per heavy atom. The van der Waals surface area contributed by atoms with Gasteiger partial charge in [0.2, 0.25) is 0 Å². The Kier molecular flexibility index (Phi) is 5.49. The number of anilines is 1. The number of nitrogens with zero attached hydrogens (tertiary/aromatic N) is 1. The van der Waals surface area contributed by atoms with Gasteiger partial charge < -0.3 is 15.2 Å². The van der Waals surface area contributed by atoms with Crippen LogP contribution in [-0.4, -0.2) is 10.6 Å². The lowest BCUT2D eigenvalue weighted by atomic mass is 10.1. The van der Waals surface area contributed by atoms with Crippen molar-refractivity contribution in [3.05, 3.63) is 100.0 Å². The molecule has 0 aliphatic heterocycles. The molecule has 0 saturated heterocycles. The van der Waals surface area contributed by atoms with Crippen molar-refractivity contribution in [2.75, 3.05) is 5.32 Å². The number of carbonyl (C=O) groups excluding carboxylic acids is 1. The van der Waals surface area contributed by atoms with Crippen LogP contribution in [0.1, 0.15) is 16.7 Å². The molecule has 0 aliphatic carbocycles. The van der Waals surface area contributed by atoms with Crippen molar-refractivity contribution in [2.45, 2.75) is 20.0 Å². The highest BCUT2D eigenvalue weighted by Crippen LogP contribution is 2.10. The molecule has 1 aromatic heterocycles. The number of pyridine rings is 1. The van der Waals surface area contributed by atoms with Gasteiger partial charge in [0.15, 0.2) is 0 Å². The monoisotopic (exact) mass is 347 g/mol. The summed E-state index contributed by atoms with van der Waals surface area (Å²) in [5.74, 6) is 0. The van der Waals surface area contributed by atoms with Crippen molar-refractivity contribution < 1.29 is 4.79 Å². The molecule has 0 radical (unpaired) electrons. The third-order valence-corrected chi connectivity index (χ3v) is 4.04. The van der Waals surface area contributed by atoms with Gasteiger partial charge in [-0.25, -0.2) is 4.79 Å². The first-order chi connectivity index (χ1) is 12.6. The summed E-state index contributed by atoms with van der Waals surface area (Å²) in [6.45, 7) is 3.00. The Hall–Kier alpha value is -3.34. The van der Waals surface area contributed by atoms with Crippen LogP contribution in [0.25, 0.3) is 0 Å². The fourth-order valence-electron chi connectivity index (χ4n) is 2.55. The van der Waals surface area contributed by atoms with Gasteiger partial charge in [0.1, 0.15) is 0 Å². The van der Waals surface area contributed by atoms with Gasteiger partial charge in [0.05, 0.1) is 6.54 Å². The third kappa shape index (κ3) is 4.83. The highest BCUT2D eigenvalue weighted by molar-refractivity contribution is 5.89. The summed E-state index contributed by atoms with van der Waals surface area (Å²) >= 11 is 0. The van der Waals surface area contributed by atoms with Crippen molar-refractivity contribution in [1.29, 1.82) is 0 Å². The maximum atomic E-state index is 12.0. The van der Waals surface area contributed by atoms with Crippen LogP contribution in [0.4, 0.5) is 10.5 Å². The number of nitrogens with one attached hydrogen (secondary N) is 2. The number of rotatable bonds is 5. The minimum absolute atomic E-state index is 0.0369. The van der Waals surface area contributed by atoms with Crippen molar-refractivity contribution >= 4 is 11.7 Å². The van der Waals surface area contributed by atoms with E-state index in [4.69, 9.17) is 0 Å². The molecule has 0 unspecified atom stereocenters. The number of aryl methyl sites for hydroxylation is 1. The second kappa shape index (κ2) is 8.16. The van der Waals surface area contributed by atoms with Gasteiger partial charge in [-0.1, -0.05) is 48.0 Å². The second-order valence-electron chi connectivity index (χ2n) is 6.16. The topological polar surface area (TPSA) is 63.1 Å². The molecule has 1 heterocycles. The van der Waals surface area contributed by atoms with E-state index in [-0.39, 0.29) is 11.6 Å². The van der Waals surface area contributed by atoms with E-state index >= 15 is 0 Å². The molecule has 2 amide bonds. The fourth-order valence-corrected chi connectivity index (χ4v) is 2.55. The molecule has 0 saturated carbocycles. The fraction of sp³-hybridized carbons (Fsp3) is 0.143. The number of aromatic nitrogens is 1. The summed E-state index contributed by atoms with van der Waals surface area (Å²) in [6.07, 6.45) is 1.76. The molecule has 0 atom stereocenters. The number of urea groups is 1. The average molecular weight is 347 g/mol. The number of amides is 2. The lowest BCUT2D eigenvalue weighted by molar-refractivity contribution is 0.251. The van der Waals surface area contributed by atoms with Crippen LogP contribution in [0.3, 0.4) is 0 Å². The molecule has 5 nitrogen and oxygen atoms in total. The van der Waals surface area contributed by atoms with E-state index in [1.165, 1.54) is 11.6 Å². The SMILES string of the molecule is Cc1ccc(CNC(=O)Nc2ccc(Cn3ccccc3=O)cc2)cc1. The Morgan fingerprint density at radius 3 is 2.31 bits per heavy atom. The zero-order valence-electron chi connectivity index (χ0n) is 14.6. The molecule has 2 N–H and O–H groups in total. The van der Waals surface area contributed by atoms with Crippen molar-refractivity contribution in [2.24, 2.45) is 0 Å². The van der Waals surface area contributed by atoms with Crippen LogP contribution in [-0.2, 0) is 13.1 Å². The highest BCUT2D eigenvalue weighted by Gasteiger charge is 2.03. The maximum absolute atomic E-state index is 12.0. The lowest BCUT2D eigenvalue weighted by Gasteiger charge is -2.09. The lowest BCUT2D eigenvalue weighted by Crippen LogP contribution is -2.28. The summed E-state index contributed by atoms with van der Waals surface area (Å²) in [5, 5.41) is 5.64. The van der Waals surface area contributed by atoms with E-state index in [9.17, 15) is 9.59 Å². The first kappa shape index (κ1) is 17.5. The van der Waals surface area contributed by atoms with E-state index in [1.807, 2.05) is 61.5 Å². The van der Waals surface area contributed by atoms with Gasteiger partial charge in [0, 0.05) is 24.5 Å². The highest BCUT2D eigenvalue weighted by atomic mass is 16.2. The normalized spacial score (nSPS) is 10.3. The molecular formula is C21H21N3O2. The van der Waals surface area contributed by atoms with Crippen LogP contribution < -0.4 is 16.2 Å². The van der Waals surface area contributed by atoms with Gasteiger partial charge in [-0.05, 0) is 36.2 Å². The van der Waals surface area contributed by atoms with Crippen LogP contribution in [0.15, 0.2) is 77.7 Å². The van der Waals surface area contributed by atoms with Gasteiger partial charge in [0.25, 0.3) is 5.56 Å². The average Bonchev–Trinajstić information content (AvgIpc) is 2.65. The van der Waals surface area contributed by atoms with Crippen molar-refractivity contribution in [3.63, 3.8) is 0 Å². The van der Waals surface area contributed by atoms with Crippen molar-refractivity contribution in [3.8, 4) is 0 Å². The number of hydrogen-bond donors (Lipinski definition) is 2. The van der Waals surface area contributed by atoms with Crippen LogP contribution >= 0.6 is 0 Å².